The van der Waals surface area contributed by atoms with Crippen LogP contribution in [-0.4, -0.2) is 31.5 Å². The maximum atomic E-state index is 9.18. The first-order valence-corrected chi connectivity index (χ1v) is 6.08. The molecule has 0 aliphatic heterocycles. The molecule has 2 N–H and O–H groups in total. The van der Waals surface area contributed by atoms with Gasteiger partial charge in [0.05, 0.1) is 25.8 Å². The van der Waals surface area contributed by atoms with E-state index in [2.05, 4.69) is 5.32 Å². The van der Waals surface area contributed by atoms with Gasteiger partial charge in [-0.15, -0.1) is 0 Å². The quantitative estimate of drug-likeness (QED) is 0.834. The van der Waals surface area contributed by atoms with Crippen molar-refractivity contribution >= 4 is 11.6 Å². The summed E-state index contributed by atoms with van der Waals surface area (Å²) in [5.41, 5.74) is 0.548. The maximum Gasteiger partial charge on any atom is 0.179 e. The number of nitrogens with one attached hydrogen (secondary N) is 1. The number of aliphatic hydroxyl groups is 1. The Bertz CT molecular complexity index is 407. The van der Waals surface area contributed by atoms with Gasteiger partial charge in [0, 0.05) is 12.1 Å². The Labute approximate surface area is 113 Å². The molecule has 1 aromatic carbocycles. The Kier molecular flexibility index (Phi) is 5.26. The van der Waals surface area contributed by atoms with E-state index in [0.717, 1.165) is 5.56 Å². The molecule has 5 heteroatoms. The van der Waals surface area contributed by atoms with Crippen molar-refractivity contribution in [2.45, 2.75) is 25.9 Å². The molecule has 0 atom stereocenters. The number of aliphatic hydroxyl groups excluding tert-OH is 1. The maximum absolute atomic E-state index is 9.18. The first kappa shape index (κ1) is 15.1. The Morgan fingerprint density at radius 1 is 1.28 bits per heavy atom. The SMILES string of the molecule is COc1ccc(CNC(C)(C)CO)c(Cl)c1OC. The molecule has 0 amide bonds. The highest BCUT2D eigenvalue weighted by atomic mass is 35.5. The molecule has 0 bridgehead atoms. The van der Waals surface area contributed by atoms with Gasteiger partial charge in [-0.25, -0.2) is 0 Å². The number of ether oxygens (including phenoxy) is 2. The molecule has 0 aliphatic rings. The van der Waals surface area contributed by atoms with E-state index in [4.69, 9.17) is 21.1 Å². The average Bonchev–Trinajstić information content (AvgIpc) is 2.37. The summed E-state index contributed by atoms with van der Waals surface area (Å²) in [6.45, 7) is 4.44. The number of benzene rings is 1. The molecule has 0 saturated heterocycles. The molecule has 0 spiro atoms. The van der Waals surface area contributed by atoms with Gasteiger partial charge < -0.3 is 19.9 Å². The molecule has 0 fully saturated rings. The zero-order valence-electron chi connectivity index (χ0n) is 11.2. The number of hydrogen-bond donors (Lipinski definition) is 2. The summed E-state index contributed by atoms with van der Waals surface area (Å²) < 4.78 is 10.4. The lowest BCUT2D eigenvalue weighted by Crippen LogP contribution is -2.42. The smallest absolute Gasteiger partial charge is 0.179 e. The molecule has 18 heavy (non-hydrogen) atoms. The predicted octanol–water partition coefficient (Wildman–Crippen LogP) is 2.22. The number of rotatable bonds is 6. The molecular weight excluding hydrogens is 254 g/mol. The van der Waals surface area contributed by atoms with Crippen LogP contribution in [-0.2, 0) is 6.54 Å². The molecule has 0 radical (unpaired) electrons. The van der Waals surface area contributed by atoms with Gasteiger partial charge in [-0.2, -0.15) is 0 Å². The monoisotopic (exact) mass is 273 g/mol. The van der Waals surface area contributed by atoms with Crippen molar-refractivity contribution in [3.63, 3.8) is 0 Å². The van der Waals surface area contributed by atoms with Crippen LogP contribution >= 0.6 is 11.6 Å². The van der Waals surface area contributed by atoms with Crippen LogP contribution in [0, 0.1) is 0 Å². The lowest BCUT2D eigenvalue weighted by Gasteiger charge is -2.24. The number of halogens is 1. The predicted molar refractivity (Wildman–Crippen MR) is 72.6 cm³/mol. The van der Waals surface area contributed by atoms with Crippen molar-refractivity contribution in [1.82, 2.24) is 5.32 Å². The van der Waals surface area contributed by atoms with Crippen LogP contribution in [0.5, 0.6) is 11.5 Å². The van der Waals surface area contributed by atoms with Gasteiger partial charge in [0.15, 0.2) is 11.5 Å². The van der Waals surface area contributed by atoms with Gasteiger partial charge in [-0.3, -0.25) is 0 Å². The highest BCUT2D eigenvalue weighted by molar-refractivity contribution is 6.33. The van der Waals surface area contributed by atoms with Crippen LogP contribution in [0.15, 0.2) is 12.1 Å². The van der Waals surface area contributed by atoms with Crippen LogP contribution in [0.25, 0.3) is 0 Å². The molecule has 0 saturated carbocycles. The second kappa shape index (κ2) is 6.27. The van der Waals surface area contributed by atoms with Crippen molar-refractivity contribution in [3.8, 4) is 11.5 Å². The fourth-order valence-corrected chi connectivity index (χ4v) is 1.76. The van der Waals surface area contributed by atoms with Crippen molar-refractivity contribution in [2.75, 3.05) is 20.8 Å². The normalized spacial score (nSPS) is 11.4. The van der Waals surface area contributed by atoms with E-state index in [0.29, 0.717) is 23.1 Å². The van der Waals surface area contributed by atoms with E-state index in [-0.39, 0.29) is 12.1 Å². The van der Waals surface area contributed by atoms with Crippen LogP contribution in [0.2, 0.25) is 5.02 Å². The third-order valence-electron chi connectivity index (χ3n) is 2.72. The lowest BCUT2D eigenvalue weighted by atomic mass is 10.1. The molecule has 1 aromatic rings. The fraction of sp³-hybridized carbons (Fsp3) is 0.538. The first-order chi connectivity index (χ1) is 8.45. The Morgan fingerprint density at radius 3 is 2.44 bits per heavy atom. The number of methoxy groups -OCH3 is 2. The highest BCUT2D eigenvalue weighted by Crippen LogP contribution is 2.37. The Balaban J connectivity index is 2.91. The third-order valence-corrected chi connectivity index (χ3v) is 3.13. The second-order valence-corrected chi connectivity index (χ2v) is 5.05. The molecule has 0 aromatic heterocycles. The molecular formula is C13H20ClNO3. The minimum absolute atomic E-state index is 0.0535. The van der Waals surface area contributed by atoms with Gasteiger partial charge in [-0.1, -0.05) is 17.7 Å². The molecule has 0 heterocycles. The van der Waals surface area contributed by atoms with Gasteiger partial charge in [0.1, 0.15) is 0 Å². The van der Waals surface area contributed by atoms with Crippen molar-refractivity contribution in [2.24, 2.45) is 0 Å². The van der Waals surface area contributed by atoms with Crippen LogP contribution < -0.4 is 14.8 Å². The largest absolute Gasteiger partial charge is 0.493 e. The summed E-state index contributed by atoms with van der Waals surface area (Å²) in [5.74, 6) is 1.13. The summed E-state index contributed by atoms with van der Waals surface area (Å²) in [6.07, 6.45) is 0. The minimum atomic E-state index is -0.351. The fourth-order valence-electron chi connectivity index (χ4n) is 1.46. The lowest BCUT2D eigenvalue weighted by molar-refractivity contribution is 0.187. The van der Waals surface area contributed by atoms with Crippen molar-refractivity contribution < 1.29 is 14.6 Å². The van der Waals surface area contributed by atoms with Gasteiger partial charge in [-0.05, 0) is 25.5 Å². The molecule has 102 valence electrons. The third kappa shape index (κ3) is 3.51. The topological polar surface area (TPSA) is 50.7 Å². The standard InChI is InChI=1S/C13H20ClNO3/c1-13(2,8-16)15-7-9-5-6-10(17-3)12(18-4)11(9)14/h5-6,15-16H,7-8H2,1-4H3. The summed E-state index contributed by atoms with van der Waals surface area (Å²) in [5, 5.41) is 12.9. The van der Waals surface area contributed by atoms with Gasteiger partial charge >= 0.3 is 0 Å². The Hall–Kier alpha value is -0.970. The zero-order valence-corrected chi connectivity index (χ0v) is 12.0. The summed E-state index contributed by atoms with van der Waals surface area (Å²) >= 11 is 6.26. The highest BCUT2D eigenvalue weighted by Gasteiger charge is 2.18. The molecule has 1 rings (SSSR count). The van der Waals surface area contributed by atoms with Crippen molar-refractivity contribution in [1.29, 1.82) is 0 Å². The molecule has 0 aliphatic carbocycles. The molecule has 0 unspecified atom stereocenters. The second-order valence-electron chi connectivity index (χ2n) is 4.67. The summed E-state index contributed by atoms with van der Waals surface area (Å²) in [6, 6.07) is 3.69. The minimum Gasteiger partial charge on any atom is -0.493 e. The van der Waals surface area contributed by atoms with E-state index in [9.17, 15) is 5.11 Å². The van der Waals surface area contributed by atoms with E-state index >= 15 is 0 Å². The van der Waals surface area contributed by atoms with Crippen LogP contribution in [0.3, 0.4) is 0 Å². The van der Waals surface area contributed by atoms with Crippen LogP contribution in [0.1, 0.15) is 19.4 Å². The van der Waals surface area contributed by atoms with Gasteiger partial charge in [0.2, 0.25) is 0 Å². The first-order valence-electron chi connectivity index (χ1n) is 5.70. The van der Waals surface area contributed by atoms with Gasteiger partial charge in [0.25, 0.3) is 0 Å². The zero-order chi connectivity index (χ0) is 13.8. The average molecular weight is 274 g/mol. The summed E-state index contributed by atoms with van der Waals surface area (Å²) in [7, 11) is 3.12. The number of hydrogen-bond acceptors (Lipinski definition) is 4. The van der Waals surface area contributed by atoms with E-state index in [1.807, 2.05) is 26.0 Å². The van der Waals surface area contributed by atoms with Crippen LogP contribution in [0.4, 0.5) is 0 Å². The molecule has 4 nitrogen and oxygen atoms in total. The van der Waals surface area contributed by atoms with E-state index < -0.39 is 0 Å². The van der Waals surface area contributed by atoms with E-state index in [1.54, 1.807) is 14.2 Å². The van der Waals surface area contributed by atoms with E-state index in [1.165, 1.54) is 0 Å². The van der Waals surface area contributed by atoms with Crippen molar-refractivity contribution in [3.05, 3.63) is 22.7 Å². The Morgan fingerprint density at radius 2 is 1.94 bits per heavy atom. The summed E-state index contributed by atoms with van der Waals surface area (Å²) in [4.78, 5) is 0.